The SMILES string of the molecule is CC(=O)N1CCCN(C(=O)[C@@H](C)Nc2nc(C3=CNC4NC=C(Cl)CC34)ncc2F)CC1. The molecule has 0 bridgehead atoms. The Balaban J connectivity index is 1.45. The Morgan fingerprint density at radius 3 is 2.72 bits per heavy atom. The quantitative estimate of drug-likeness (QED) is 0.621. The first-order valence-corrected chi connectivity index (χ1v) is 11.1. The number of carbonyl (C=O) groups excluding carboxylic acids is 2. The van der Waals surface area contributed by atoms with Crippen LogP contribution in [0.25, 0.3) is 5.57 Å². The molecule has 4 heterocycles. The van der Waals surface area contributed by atoms with Gasteiger partial charge in [-0.15, -0.1) is 0 Å². The highest BCUT2D eigenvalue weighted by Gasteiger charge is 2.34. The number of allylic oxidation sites excluding steroid dienone is 1. The first-order chi connectivity index (χ1) is 15.3. The van der Waals surface area contributed by atoms with Crippen molar-refractivity contribution in [2.24, 2.45) is 5.92 Å². The van der Waals surface area contributed by atoms with Gasteiger partial charge in [0.15, 0.2) is 17.5 Å². The van der Waals surface area contributed by atoms with Gasteiger partial charge in [0.05, 0.1) is 6.20 Å². The number of amides is 2. The van der Waals surface area contributed by atoms with E-state index < -0.39 is 11.9 Å². The lowest BCUT2D eigenvalue weighted by molar-refractivity contribution is -0.132. The zero-order chi connectivity index (χ0) is 22.8. The molecule has 3 atom stereocenters. The maximum absolute atomic E-state index is 14.5. The van der Waals surface area contributed by atoms with Crippen LogP contribution in [-0.2, 0) is 9.59 Å². The number of nitrogens with zero attached hydrogens (tertiary/aromatic N) is 4. The van der Waals surface area contributed by atoms with E-state index in [9.17, 15) is 14.0 Å². The second kappa shape index (κ2) is 9.32. The largest absolute Gasteiger partial charge is 0.370 e. The van der Waals surface area contributed by atoms with E-state index in [0.717, 1.165) is 11.8 Å². The molecule has 2 unspecified atom stereocenters. The number of fused-ring (bicyclic) bond motifs is 1. The van der Waals surface area contributed by atoms with Crippen LogP contribution in [0.4, 0.5) is 10.2 Å². The molecular weight excluding hydrogens is 437 g/mol. The van der Waals surface area contributed by atoms with Crippen molar-refractivity contribution in [2.75, 3.05) is 31.5 Å². The molecule has 4 rings (SSSR count). The van der Waals surface area contributed by atoms with E-state index in [0.29, 0.717) is 49.9 Å². The Morgan fingerprint density at radius 2 is 1.94 bits per heavy atom. The molecule has 1 saturated heterocycles. The molecular formula is C21H27ClFN7O2. The van der Waals surface area contributed by atoms with Gasteiger partial charge < -0.3 is 25.8 Å². The average Bonchev–Trinajstić information content (AvgIpc) is 3.01. The van der Waals surface area contributed by atoms with Gasteiger partial charge in [-0.05, 0) is 19.8 Å². The number of nitrogens with one attached hydrogen (secondary N) is 3. The van der Waals surface area contributed by atoms with E-state index >= 15 is 0 Å². The third-order valence-electron chi connectivity index (χ3n) is 6.03. The molecule has 1 aromatic rings. The Kier molecular flexibility index (Phi) is 6.50. The number of rotatable bonds is 4. The smallest absolute Gasteiger partial charge is 0.244 e. The highest BCUT2D eigenvalue weighted by Crippen LogP contribution is 2.35. The van der Waals surface area contributed by atoms with E-state index in [1.165, 1.54) is 6.92 Å². The number of anilines is 1. The topological polar surface area (TPSA) is 102 Å². The molecule has 172 valence electrons. The van der Waals surface area contributed by atoms with Crippen LogP contribution >= 0.6 is 11.6 Å². The highest BCUT2D eigenvalue weighted by molar-refractivity contribution is 6.29. The van der Waals surface area contributed by atoms with Gasteiger partial charge in [-0.2, -0.15) is 0 Å². The van der Waals surface area contributed by atoms with Crippen LogP contribution in [0.15, 0.2) is 23.6 Å². The minimum atomic E-state index is -0.687. The molecule has 3 N–H and O–H groups in total. The summed E-state index contributed by atoms with van der Waals surface area (Å²) >= 11 is 6.17. The molecule has 0 aliphatic carbocycles. The predicted molar refractivity (Wildman–Crippen MR) is 119 cm³/mol. The van der Waals surface area contributed by atoms with Crippen LogP contribution in [0.3, 0.4) is 0 Å². The van der Waals surface area contributed by atoms with Crippen molar-refractivity contribution in [1.82, 2.24) is 30.4 Å². The van der Waals surface area contributed by atoms with Crippen molar-refractivity contribution < 1.29 is 14.0 Å². The fourth-order valence-corrected chi connectivity index (χ4v) is 4.48. The van der Waals surface area contributed by atoms with Crippen LogP contribution in [0.5, 0.6) is 0 Å². The van der Waals surface area contributed by atoms with E-state index in [1.807, 2.05) is 6.20 Å². The lowest BCUT2D eigenvalue weighted by Gasteiger charge is -2.27. The van der Waals surface area contributed by atoms with Gasteiger partial charge in [0.2, 0.25) is 11.8 Å². The maximum Gasteiger partial charge on any atom is 0.244 e. The monoisotopic (exact) mass is 463 g/mol. The molecule has 2 amide bonds. The summed E-state index contributed by atoms with van der Waals surface area (Å²) in [5.74, 6) is -0.408. The summed E-state index contributed by atoms with van der Waals surface area (Å²) in [5, 5.41) is 10.0. The van der Waals surface area contributed by atoms with Gasteiger partial charge >= 0.3 is 0 Å². The number of aromatic nitrogens is 2. The first-order valence-electron chi connectivity index (χ1n) is 10.7. The summed E-state index contributed by atoms with van der Waals surface area (Å²) in [6.45, 7) is 5.33. The third kappa shape index (κ3) is 4.64. The Labute approximate surface area is 191 Å². The van der Waals surface area contributed by atoms with Crippen molar-refractivity contribution >= 4 is 34.8 Å². The minimum Gasteiger partial charge on any atom is -0.370 e. The molecule has 0 aromatic carbocycles. The fraction of sp³-hybridized carbons (Fsp3) is 0.524. The Hall–Kier alpha value is -2.88. The van der Waals surface area contributed by atoms with Crippen molar-refractivity contribution in [3.05, 3.63) is 35.3 Å². The minimum absolute atomic E-state index is 0.00366. The second-order valence-corrected chi connectivity index (χ2v) is 8.74. The fourth-order valence-electron chi connectivity index (χ4n) is 4.25. The summed E-state index contributed by atoms with van der Waals surface area (Å²) in [6, 6.07) is -0.687. The Morgan fingerprint density at radius 1 is 1.22 bits per heavy atom. The van der Waals surface area contributed by atoms with E-state index in [-0.39, 0.29) is 29.7 Å². The molecule has 1 aromatic heterocycles. The van der Waals surface area contributed by atoms with Crippen LogP contribution < -0.4 is 16.0 Å². The van der Waals surface area contributed by atoms with Gasteiger partial charge in [0.25, 0.3) is 0 Å². The van der Waals surface area contributed by atoms with E-state index in [1.54, 1.807) is 22.9 Å². The zero-order valence-corrected chi connectivity index (χ0v) is 18.8. The standard InChI is InChI=1S/C21H27ClFN7O2/c1-12(21(32)30-5-3-4-29(6-7-30)13(2)31)27-20-17(23)11-26-19(28-20)16-10-25-18-15(16)8-14(22)9-24-18/h9-12,15,18,24-25H,3-8H2,1-2H3,(H,26,27,28)/t12-,15?,18?/m1/s1. The number of carbonyl (C=O) groups is 2. The number of hydrogen-bond donors (Lipinski definition) is 3. The highest BCUT2D eigenvalue weighted by atomic mass is 35.5. The molecule has 9 nitrogen and oxygen atoms in total. The van der Waals surface area contributed by atoms with Gasteiger partial charge in [0, 0.05) is 62.0 Å². The molecule has 0 radical (unpaired) electrons. The van der Waals surface area contributed by atoms with Crippen LogP contribution in [-0.4, -0.2) is 70.0 Å². The molecule has 0 spiro atoms. The summed E-state index contributed by atoms with van der Waals surface area (Å²) in [5.41, 5.74) is 0.827. The lowest BCUT2D eigenvalue weighted by Crippen LogP contribution is -2.43. The van der Waals surface area contributed by atoms with Gasteiger partial charge in [-0.25, -0.2) is 14.4 Å². The lowest BCUT2D eigenvalue weighted by atomic mass is 9.93. The molecule has 32 heavy (non-hydrogen) atoms. The number of hydrogen-bond acceptors (Lipinski definition) is 7. The first kappa shape index (κ1) is 22.3. The van der Waals surface area contributed by atoms with Crippen LogP contribution in [0, 0.1) is 11.7 Å². The molecule has 3 aliphatic heterocycles. The summed E-state index contributed by atoms with van der Waals surface area (Å²) in [7, 11) is 0. The number of halogens is 2. The summed E-state index contributed by atoms with van der Waals surface area (Å²) < 4.78 is 14.5. The Bertz CT molecular complexity index is 969. The third-order valence-corrected chi connectivity index (χ3v) is 6.30. The molecule has 11 heteroatoms. The second-order valence-electron chi connectivity index (χ2n) is 8.25. The van der Waals surface area contributed by atoms with Crippen molar-refractivity contribution in [2.45, 2.75) is 38.9 Å². The van der Waals surface area contributed by atoms with Crippen molar-refractivity contribution in [1.29, 1.82) is 0 Å². The van der Waals surface area contributed by atoms with Gasteiger partial charge in [-0.3, -0.25) is 9.59 Å². The average molecular weight is 464 g/mol. The summed E-state index contributed by atoms with van der Waals surface area (Å²) in [4.78, 5) is 36.5. The van der Waals surface area contributed by atoms with Gasteiger partial charge in [0.1, 0.15) is 12.2 Å². The predicted octanol–water partition coefficient (Wildman–Crippen LogP) is 1.46. The van der Waals surface area contributed by atoms with Crippen molar-refractivity contribution in [3.63, 3.8) is 0 Å². The molecule has 0 saturated carbocycles. The zero-order valence-electron chi connectivity index (χ0n) is 18.1. The van der Waals surface area contributed by atoms with Crippen LogP contribution in [0.2, 0.25) is 0 Å². The van der Waals surface area contributed by atoms with Gasteiger partial charge in [-0.1, -0.05) is 11.6 Å². The van der Waals surface area contributed by atoms with E-state index in [4.69, 9.17) is 11.6 Å². The van der Waals surface area contributed by atoms with Crippen LogP contribution in [0.1, 0.15) is 32.5 Å². The maximum atomic E-state index is 14.5. The molecule has 1 fully saturated rings. The molecule has 3 aliphatic rings. The normalized spacial score (nSPS) is 23.8. The summed E-state index contributed by atoms with van der Waals surface area (Å²) in [6.07, 6.45) is 6.00. The van der Waals surface area contributed by atoms with Crippen molar-refractivity contribution in [3.8, 4) is 0 Å². The van der Waals surface area contributed by atoms with E-state index in [2.05, 4.69) is 25.9 Å².